The average molecular weight is 285 g/mol. The van der Waals surface area contributed by atoms with Gasteiger partial charge < -0.3 is 9.84 Å². The molecule has 1 N–H and O–H groups in total. The quantitative estimate of drug-likeness (QED) is 0.940. The lowest BCUT2D eigenvalue weighted by Crippen LogP contribution is -2.58. The van der Waals surface area contributed by atoms with Crippen LogP contribution in [-0.2, 0) is 0 Å². The monoisotopic (exact) mass is 285 g/mol. The van der Waals surface area contributed by atoms with Crippen molar-refractivity contribution in [3.63, 3.8) is 0 Å². The number of aliphatic hydroxyl groups is 1. The van der Waals surface area contributed by atoms with Gasteiger partial charge in [0.25, 0.3) is 0 Å². The Labute approximate surface area is 123 Å². The van der Waals surface area contributed by atoms with Crippen LogP contribution in [0.25, 0.3) is 5.69 Å². The first kappa shape index (κ1) is 12.8. The molecule has 0 aliphatic heterocycles. The summed E-state index contributed by atoms with van der Waals surface area (Å²) >= 11 is 0. The number of ether oxygens (including phenoxy) is 1. The third kappa shape index (κ3) is 2.03. The molecule has 1 spiro atoms. The third-order valence-electron chi connectivity index (χ3n) is 5.02. The predicted molar refractivity (Wildman–Crippen MR) is 77.3 cm³/mol. The normalized spacial score (nSPS) is 26.7. The number of rotatable bonds is 3. The number of aromatic nitrogens is 3. The summed E-state index contributed by atoms with van der Waals surface area (Å²) in [7, 11) is 0. The van der Waals surface area contributed by atoms with Gasteiger partial charge in [0.1, 0.15) is 12.4 Å². The van der Waals surface area contributed by atoms with Crippen LogP contribution in [0.2, 0.25) is 0 Å². The van der Waals surface area contributed by atoms with Crippen molar-refractivity contribution in [1.29, 1.82) is 0 Å². The molecule has 2 aliphatic carbocycles. The second-order valence-electron chi connectivity index (χ2n) is 6.11. The maximum atomic E-state index is 10.1. The minimum atomic E-state index is -0.221. The highest BCUT2D eigenvalue weighted by Gasteiger charge is 2.57. The number of aliphatic hydroxyl groups excluding tert-OH is 1. The van der Waals surface area contributed by atoms with Gasteiger partial charge in [-0.1, -0.05) is 31.0 Å². The Bertz CT molecular complexity index is 619. The molecule has 21 heavy (non-hydrogen) atoms. The Hall–Kier alpha value is -1.88. The molecule has 2 aliphatic rings. The summed E-state index contributed by atoms with van der Waals surface area (Å²) < 4.78 is 7.67. The second kappa shape index (κ2) is 4.84. The molecule has 1 aromatic carbocycles. The molecular weight excluding hydrogens is 266 g/mol. The van der Waals surface area contributed by atoms with Gasteiger partial charge in [-0.05, 0) is 25.0 Å². The highest BCUT2D eigenvalue weighted by molar-refractivity contribution is 5.29. The smallest absolute Gasteiger partial charge is 0.336 e. The van der Waals surface area contributed by atoms with Crippen molar-refractivity contribution in [3.8, 4) is 11.7 Å². The summed E-state index contributed by atoms with van der Waals surface area (Å²) in [6, 6.07) is 10.3. The highest BCUT2D eigenvalue weighted by Crippen LogP contribution is 2.54. The van der Waals surface area contributed by atoms with E-state index in [-0.39, 0.29) is 17.6 Å². The van der Waals surface area contributed by atoms with E-state index in [2.05, 4.69) is 10.1 Å². The lowest BCUT2D eigenvalue weighted by molar-refractivity contribution is -0.154. The van der Waals surface area contributed by atoms with Crippen molar-refractivity contribution in [3.05, 3.63) is 36.7 Å². The lowest BCUT2D eigenvalue weighted by Gasteiger charge is -2.50. The van der Waals surface area contributed by atoms with Crippen LogP contribution < -0.4 is 4.74 Å². The molecular formula is C16H19N3O2. The summed E-state index contributed by atoms with van der Waals surface area (Å²) in [5, 5.41) is 14.5. The third-order valence-corrected chi connectivity index (χ3v) is 5.02. The summed E-state index contributed by atoms with van der Waals surface area (Å²) in [6.07, 6.45) is 6.67. The Morgan fingerprint density at radius 1 is 1.19 bits per heavy atom. The van der Waals surface area contributed by atoms with Crippen LogP contribution in [0.1, 0.15) is 32.1 Å². The molecule has 0 saturated heterocycles. The molecule has 0 amide bonds. The van der Waals surface area contributed by atoms with Gasteiger partial charge in [0.05, 0.1) is 11.8 Å². The molecule has 2 unspecified atom stereocenters. The summed E-state index contributed by atoms with van der Waals surface area (Å²) in [4.78, 5) is 4.24. The zero-order valence-corrected chi connectivity index (χ0v) is 11.9. The molecule has 0 bridgehead atoms. The topological polar surface area (TPSA) is 60.2 Å². The molecule has 2 atom stereocenters. The molecule has 4 rings (SSSR count). The Morgan fingerprint density at radius 3 is 2.67 bits per heavy atom. The van der Waals surface area contributed by atoms with Crippen molar-refractivity contribution < 1.29 is 9.84 Å². The van der Waals surface area contributed by atoms with E-state index in [0.717, 1.165) is 18.5 Å². The van der Waals surface area contributed by atoms with Gasteiger partial charge in [-0.3, -0.25) is 0 Å². The van der Waals surface area contributed by atoms with Crippen molar-refractivity contribution in [2.75, 3.05) is 0 Å². The molecule has 2 saturated carbocycles. The maximum absolute atomic E-state index is 10.1. The van der Waals surface area contributed by atoms with Crippen LogP contribution in [0.4, 0.5) is 0 Å². The van der Waals surface area contributed by atoms with Crippen molar-refractivity contribution in [2.24, 2.45) is 5.41 Å². The van der Waals surface area contributed by atoms with E-state index >= 15 is 0 Å². The van der Waals surface area contributed by atoms with Gasteiger partial charge in [0, 0.05) is 11.8 Å². The van der Waals surface area contributed by atoms with Crippen molar-refractivity contribution in [2.45, 2.75) is 44.3 Å². The van der Waals surface area contributed by atoms with Gasteiger partial charge in [-0.15, -0.1) is 5.10 Å². The lowest BCUT2D eigenvalue weighted by atomic mass is 9.62. The van der Waals surface area contributed by atoms with Crippen LogP contribution in [-0.4, -0.2) is 32.1 Å². The zero-order chi connectivity index (χ0) is 14.3. The van der Waals surface area contributed by atoms with Gasteiger partial charge >= 0.3 is 6.01 Å². The van der Waals surface area contributed by atoms with Crippen LogP contribution in [0, 0.1) is 5.41 Å². The summed E-state index contributed by atoms with van der Waals surface area (Å²) in [5.41, 5.74) is 0.919. The first-order valence-corrected chi connectivity index (χ1v) is 7.60. The standard InChI is InChI=1S/C16H19N3O2/c20-13-10-14(16(13)8-4-5-9-16)21-15-17-11-19(18-15)12-6-2-1-3-7-12/h1-3,6-7,11,13-14,20H,4-5,8-10H2. The Morgan fingerprint density at radius 2 is 1.95 bits per heavy atom. The van der Waals surface area contributed by atoms with Gasteiger partial charge in [0.15, 0.2) is 0 Å². The number of para-hydroxylation sites is 1. The van der Waals surface area contributed by atoms with E-state index < -0.39 is 0 Å². The van der Waals surface area contributed by atoms with Gasteiger partial charge in [-0.2, -0.15) is 4.98 Å². The second-order valence-corrected chi connectivity index (χ2v) is 6.11. The van der Waals surface area contributed by atoms with E-state index in [1.54, 1.807) is 11.0 Å². The molecule has 110 valence electrons. The first-order valence-electron chi connectivity index (χ1n) is 7.60. The van der Waals surface area contributed by atoms with Gasteiger partial charge in [0.2, 0.25) is 0 Å². The van der Waals surface area contributed by atoms with Crippen LogP contribution in [0.5, 0.6) is 6.01 Å². The fourth-order valence-corrected chi connectivity index (χ4v) is 3.71. The van der Waals surface area contributed by atoms with Crippen LogP contribution in [0.15, 0.2) is 36.7 Å². The first-order chi connectivity index (χ1) is 10.3. The number of hydrogen-bond donors (Lipinski definition) is 1. The molecule has 0 radical (unpaired) electrons. The minimum absolute atomic E-state index is 0.0434. The van der Waals surface area contributed by atoms with E-state index in [4.69, 9.17) is 4.74 Å². The average Bonchev–Trinajstić information content (AvgIpc) is 3.19. The molecule has 1 heterocycles. The molecule has 2 fully saturated rings. The molecule has 5 nitrogen and oxygen atoms in total. The number of benzene rings is 1. The molecule has 1 aromatic heterocycles. The zero-order valence-electron chi connectivity index (χ0n) is 11.9. The molecule has 2 aromatic rings. The largest absolute Gasteiger partial charge is 0.458 e. The Balaban J connectivity index is 1.50. The number of nitrogens with zero attached hydrogens (tertiary/aromatic N) is 3. The van der Waals surface area contributed by atoms with Crippen LogP contribution in [0.3, 0.4) is 0 Å². The van der Waals surface area contributed by atoms with E-state index in [1.165, 1.54) is 12.8 Å². The van der Waals surface area contributed by atoms with E-state index in [1.807, 2.05) is 30.3 Å². The summed E-state index contributed by atoms with van der Waals surface area (Å²) in [6.45, 7) is 0. The number of hydrogen-bond acceptors (Lipinski definition) is 4. The van der Waals surface area contributed by atoms with Crippen LogP contribution >= 0.6 is 0 Å². The van der Waals surface area contributed by atoms with Gasteiger partial charge in [-0.25, -0.2) is 4.68 Å². The van der Waals surface area contributed by atoms with E-state index in [9.17, 15) is 5.11 Å². The molecule has 5 heteroatoms. The highest BCUT2D eigenvalue weighted by atomic mass is 16.5. The van der Waals surface area contributed by atoms with E-state index in [0.29, 0.717) is 12.4 Å². The van der Waals surface area contributed by atoms with Crippen molar-refractivity contribution >= 4 is 0 Å². The Kier molecular flexibility index (Phi) is 2.96. The SMILES string of the molecule is OC1CC(Oc2ncn(-c3ccccc3)n2)C12CCCC2. The fourth-order valence-electron chi connectivity index (χ4n) is 3.71. The fraction of sp³-hybridized carbons (Fsp3) is 0.500. The minimum Gasteiger partial charge on any atom is -0.458 e. The summed E-state index contributed by atoms with van der Waals surface area (Å²) in [5.74, 6) is 0. The predicted octanol–water partition coefficient (Wildman–Crippen LogP) is 2.34. The maximum Gasteiger partial charge on any atom is 0.336 e. The van der Waals surface area contributed by atoms with Crippen molar-refractivity contribution in [1.82, 2.24) is 14.8 Å².